The van der Waals surface area contributed by atoms with E-state index >= 15 is 0 Å². The van der Waals surface area contributed by atoms with Gasteiger partial charge in [-0.2, -0.15) is 0 Å². The fourth-order valence-electron chi connectivity index (χ4n) is 2.41. The second-order valence-corrected chi connectivity index (χ2v) is 6.40. The second-order valence-electron chi connectivity index (χ2n) is 5.49. The summed E-state index contributed by atoms with van der Waals surface area (Å²) in [5.74, 6) is -0.724. The fraction of sp³-hybridized carbons (Fsp3) is 0.467. The van der Waals surface area contributed by atoms with E-state index in [2.05, 4.69) is 31.5 Å². The summed E-state index contributed by atoms with van der Waals surface area (Å²) in [5.41, 5.74) is 0. The molecule has 0 aliphatic carbocycles. The molecule has 0 atom stereocenters. The molecule has 1 aliphatic rings. The molecule has 1 fully saturated rings. The van der Waals surface area contributed by atoms with Crippen molar-refractivity contribution in [1.29, 1.82) is 0 Å². The van der Waals surface area contributed by atoms with Gasteiger partial charge in [0.15, 0.2) is 0 Å². The van der Waals surface area contributed by atoms with Gasteiger partial charge < -0.3 is 20.6 Å². The molecule has 8 nitrogen and oxygen atoms in total. The summed E-state index contributed by atoms with van der Waals surface area (Å²) in [6, 6.07) is 3.23. The number of aliphatic carboxylic acids is 1. The number of carboxylic acids is 1. The molecule has 1 aliphatic heterocycles. The van der Waals surface area contributed by atoms with Crippen molar-refractivity contribution in [1.82, 2.24) is 15.2 Å². The van der Waals surface area contributed by atoms with Crippen LogP contribution in [0.2, 0.25) is 0 Å². The van der Waals surface area contributed by atoms with Gasteiger partial charge in [-0.25, -0.2) is 9.78 Å². The minimum absolute atomic E-state index is 0.101. The van der Waals surface area contributed by atoms with Gasteiger partial charge in [0, 0.05) is 36.2 Å². The van der Waals surface area contributed by atoms with Gasteiger partial charge in [-0.1, -0.05) is 0 Å². The first-order valence-electron chi connectivity index (χ1n) is 7.62. The minimum atomic E-state index is -0.952. The van der Waals surface area contributed by atoms with Crippen molar-refractivity contribution in [2.24, 2.45) is 5.92 Å². The lowest BCUT2D eigenvalue weighted by Gasteiger charge is -2.31. The summed E-state index contributed by atoms with van der Waals surface area (Å²) in [6.45, 7) is 1.03. The third kappa shape index (κ3) is 5.48. The number of hydrogen-bond acceptors (Lipinski definition) is 4. The largest absolute Gasteiger partial charge is 0.481 e. The SMILES string of the molecule is O=C(O)CCNC(=O)N1CCC(C(=O)Nc2ccc(Br)cn2)CC1. The summed E-state index contributed by atoms with van der Waals surface area (Å²) in [6.07, 6.45) is 2.63. The standard InChI is InChI=1S/C15H19BrN4O4/c16-11-1-2-12(18-9-11)19-14(23)10-4-7-20(8-5-10)15(24)17-6-3-13(21)22/h1-2,9-10H,3-8H2,(H,17,24)(H,21,22)(H,18,19,23). The lowest BCUT2D eigenvalue weighted by atomic mass is 9.96. The Labute approximate surface area is 147 Å². The number of amides is 3. The highest BCUT2D eigenvalue weighted by molar-refractivity contribution is 9.10. The molecule has 0 spiro atoms. The lowest BCUT2D eigenvalue weighted by Crippen LogP contribution is -2.46. The van der Waals surface area contributed by atoms with Crippen molar-refractivity contribution in [2.45, 2.75) is 19.3 Å². The summed E-state index contributed by atoms with van der Waals surface area (Å²) >= 11 is 3.28. The highest BCUT2D eigenvalue weighted by Gasteiger charge is 2.27. The molecular weight excluding hydrogens is 380 g/mol. The van der Waals surface area contributed by atoms with Gasteiger partial charge in [-0.05, 0) is 40.9 Å². The van der Waals surface area contributed by atoms with Gasteiger partial charge in [-0.3, -0.25) is 9.59 Å². The van der Waals surface area contributed by atoms with E-state index in [-0.39, 0.29) is 30.8 Å². The van der Waals surface area contributed by atoms with Gasteiger partial charge in [0.05, 0.1) is 6.42 Å². The number of hydrogen-bond donors (Lipinski definition) is 3. The average Bonchev–Trinajstić information content (AvgIpc) is 2.56. The zero-order valence-electron chi connectivity index (χ0n) is 13.0. The molecular formula is C15H19BrN4O4. The van der Waals surface area contributed by atoms with E-state index < -0.39 is 5.97 Å². The van der Waals surface area contributed by atoms with Crippen molar-refractivity contribution >= 4 is 39.7 Å². The number of urea groups is 1. The average molecular weight is 399 g/mol. The van der Waals surface area contributed by atoms with Crippen molar-refractivity contribution in [3.05, 3.63) is 22.8 Å². The summed E-state index contributed by atoms with van der Waals surface area (Å²) < 4.78 is 0.836. The van der Waals surface area contributed by atoms with Crippen LogP contribution in [-0.2, 0) is 9.59 Å². The first kappa shape index (κ1) is 18.2. The van der Waals surface area contributed by atoms with Crippen LogP contribution in [0.3, 0.4) is 0 Å². The predicted octanol–water partition coefficient (Wildman–Crippen LogP) is 1.68. The van der Waals surface area contributed by atoms with Crippen LogP contribution in [0.15, 0.2) is 22.8 Å². The van der Waals surface area contributed by atoms with Crippen LogP contribution in [0, 0.1) is 5.92 Å². The van der Waals surface area contributed by atoms with Crippen LogP contribution in [0.25, 0.3) is 0 Å². The Balaban J connectivity index is 1.75. The third-order valence-corrected chi connectivity index (χ3v) is 4.22. The summed E-state index contributed by atoms with van der Waals surface area (Å²) in [7, 11) is 0. The van der Waals surface area contributed by atoms with Crippen LogP contribution < -0.4 is 10.6 Å². The van der Waals surface area contributed by atoms with E-state index in [9.17, 15) is 14.4 Å². The molecule has 2 heterocycles. The van der Waals surface area contributed by atoms with Gasteiger partial charge in [0.25, 0.3) is 0 Å². The number of halogens is 1. The smallest absolute Gasteiger partial charge is 0.317 e. The molecule has 24 heavy (non-hydrogen) atoms. The number of piperidine rings is 1. The molecule has 0 aromatic carbocycles. The van der Waals surface area contributed by atoms with Gasteiger partial charge in [0.1, 0.15) is 5.82 Å². The van der Waals surface area contributed by atoms with E-state index in [0.29, 0.717) is 31.7 Å². The van der Waals surface area contributed by atoms with E-state index in [4.69, 9.17) is 5.11 Å². The van der Waals surface area contributed by atoms with Crippen LogP contribution in [0.1, 0.15) is 19.3 Å². The van der Waals surface area contributed by atoms with Crippen molar-refractivity contribution < 1.29 is 19.5 Å². The Kier molecular flexibility index (Phi) is 6.53. The Bertz CT molecular complexity index is 600. The maximum atomic E-state index is 12.2. The number of carboxylic acid groups (broad SMARTS) is 1. The number of nitrogens with zero attached hydrogens (tertiary/aromatic N) is 2. The van der Waals surface area contributed by atoms with Crippen LogP contribution in [0.4, 0.5) is 10.6 Å². The third-order valence-electron chi connectivity index (χ3n) is 3.75. The van der Waals surface area contributed by atoms with E-state index in [1.165, 1.54) is 0 Å². The highest BCUT2D eigenvalue weighted by Crippen LogP contribution is 2.19. The van der Waals surface area contributed by atoms with Gasteiger partial charge in [0.2, 0.25) is 5.91 Å². The number of anilines is 1. The number of rotatable bonds is 5. The molecule has 3 N–H and O–H groups in total. The number of carbonyl (C=O) groups excluding carboxylic acids is 2. The zero-order chi connectivity index (χ0) is 17.5. The maximum Gasteiger partial charge on any atom is 0.317 e. The van der Waals surface area contributed by atoms with Crippen LogP contribution >= 0.6 is 15.9 Å². The second kappa shape index (κ2) is 8.62. The van der Waals surface area contributed by atoms with Crippen LogP contribution in [0.5, 0.6) is 0 Å². The molecule has 2 rings (SSSR count). The highest BCUT2D eigenvalue weighted by atomic mass is 79.9. The van der Waals surface area contributed by atoms with E-state index in [1.807, 2.05) is 0 Å². The molecule has 0 radical (unpaired) electrons. The Morgan fingerprint density at radius 2 is 2.00 bits per heavy atom. The molecule has 0 saturated carbocycles. The summed E-state index contributed by atoms with van der Waals surface area (Å²) in [5, 5.41) is 13.9. The molecule has 0 unspecified atom stereocenters. The quantitative estimate of drug-likeness (QED) is 0.698. The van der Waals surface area contributed by atoms with E-state index in [0.717, 1.165) is 4.47 Å². The monoisotopic (exact) mass is 398 g/mol. The minimum Gasteiger partial charge on any atom is -0.481 e. The van der Waals surface area contributed by atoms with E-state index in [1.54, 1.807) is 23.2 Å². The number of pyridine rings is 1. The first-order chi connectivity index (χ1) is 11.5. The fourth-order valence-corrected chi connectivity index (χ4v) is 2.65. The first-order valence-corrected chi connectivity index (χ1v) is 8.42. The Hall–Kier alpha value is -2.16. The number of nitrogens with one attached hydrogen (secondary N) is 2. The zero-order valence-corrected chi connectivity index (χ0v) is 14.6. The molecule has 1 saturated heterocycles. The van der Waals surface area contributed by atoms with Gasteiger partial charge >= 0.3 is 12.0 Å². The summed E-state index contributed by atoms with van der Waals surface area (Å²) in [4.78, 5) is 40.2. The molecule has 130 valence electrons. The molecule has 3 amide bonds. The molecule has 1 aromatic heterocycles. The normalized spacial score (nSPS) is 15.0. The predicted molar refractivity (Wildman–Crippen MR) is 90.5 cm³/mol. The topological polar surface area (TPSA) is 112 Å². The molecule has 9 heteroatoms. The number of carbonyl (C=O) groups is 3. The van der Waals surface area contributed by atoms with Crippen molar-refractivity contribution in [2.75, 3.05) is 25.0 Å². The lowest BCUT2D eigenvalue weighted by molar-refractivity contribution is -0.136. The Morgan fingerprint density at radius 1 is 1.29 bits per heavy atom. The van der Waals surface area contributed by atoms with Gasteiger partial charge in [-0.15, -0.1) is 0 Å². The van der Waals surface area contributed by atoms with Crippen molar-refractivity contribution in [3.8, 4) is 0 Å². The molecule has 0 bridgehead atoms. The van der Waals surface area contributed by atoms with Crippen LogP contribution in [-0.4, -0.2) is 52.5 Å². The van der Waals surface area contributed by atoms with Crippen molar-refractivity contribution in [3.63, 3.8) is 0 Å². The number of likely N-dealkylation sites (tertiary alicyclic amines) is 1. The maximum absolute atomic E-state index is 12.2. The number of aromatic nitrogens is 1. The Morgan fingerprint density at radius 3 is 2.58 bits per heavy atom. The molecule has 1 aromatic rings.